The monoisotopic (exact) mass is 563 g/mol. The van der Waals surface area contributed by atoms with Crippen molar-refractivity contribution in [3.8, 4) is 0 Å². The number of ketones is 1. The number of ether oxygens (including phenoxy) is 2. The van der Waals surface area contributed by atoms with Gasteiger partial charge in [-0.15, -0.1) is 0 Å². The summed E-state index contributed by atoms with van der Waals surface area (Å²) in [5, 5.41) is 6.68. The van der Waals surface area contributed by atoms with Crippen LogP contribution in [0, 0.1) is 13.8 Å². The molecule has 2 aromatic carbocycles. The number of amides is 1. The van der Waals surface area contributed by atoms with Crippen LogP contribution >= 0.6 is 0 Å². The molecule has 1 heterocycles. The first kappa shape index (κ1) is 32.9. The second-order valence-corrected chi connectivity index (χ2v) is 10.7. The van der Waals surface area contributed by atoms with E-state index < -0.39 is 11.7 Å². The summed E-state index contributed by atoms with van der Waals surface area (Å²) in [5.41, 5.74) is 4.21. The number of nitrogens with one attached hydrogen (secondary N) is 1. The van der Waals surface area contributed by atoms with Crippen molar-refractivity contribution in [3.63, 3.8) is 0 Å². The fourth-order valence-corrected chi connectivity index (χ4v) is 3.78. The first-order valence-electron chi connectivity index (χ1n) is 13.7. The molecule has 0 bridgehead atoms. The van der Waals surface area contributed by atoms with Crippen molar-refractivity contribution in [1.29, 1.82) is 0 Å². The minimum Gasteiger partial charge on any atom is -0.466 e. The molecule has 9 heteroatoms. The topological polar surface area (TPSA) is 117 Å². The molecular weight excluding hydrogens is 522 g/mol. The zero-order valence-corrected chi connectivity index (χ0v) is 24.9. The number of esters is 1. The van der Waals surface area contributed by atoms with Crippen LogP contribution in [0.15, 0.2) is 65.5 Å². The largest absolute Gasteiger partial charge is 0.466 e. The Morgan fingerprint density at radius 3 is 2.29 bits per heavy atom. The van der Waals surface area contributed by atoms with E-state index in [9.17, 15) is 19.2 Å². The summed E-state index contributed by atoms with van der Waals surface area (Å²) >= 11 is 0. The molecule has 0 saturated heterocycles. The van der Waals surface area contributed by atoms with Crippen molar-refractivity contribution in [1.82, 2.24) is 15.1 Å². The highest BCUT2D eigenvalue weighted by molar-refractivity contribution is 5.84. The number of carbonyl (C=O) groups is 3. The molecule has 1 aromatic heterocycles. The highest BCUT2D eigenvalue weighted by Crippen LogP contribution is 2.09. The summed E-state index contributed by atoms with van der Waals surface area (Å²) in [6, 6.07) is 18.8. The highest BCUT2D eigenvalue weighted by Gasteiger charge is 2.16. The van der Waals surface area contributed by atoms with E-state index >= 15 is 0 Å². The molecule has 0 fully saturated rings. The van der Waals surface area contributed by atoms with Gasteiger partial charge in [0, 0.05) is 12.5 Å². The molecule has 1 amide bonds. The van der Waals surface area contributed by atoms with Crippen molar-refractivity contribution >= 4 is 17.8 Å². The van der Waals surface area contributed by atoms with Crippen molar-refractivity contribution in [3.05, 3.63) is 99.0 Å². The molecule has 0 aliphatic heterocycles. The summed E-state index contributed by atoms with van der Waals surface area (Å²) in [4.78, 5) is 46.3. The molecule has 3 aromatic rings. The van der Waals surface area contributed by atoms with Crippen molar-refractivity contribution in [2.24, 2.45) is 0 Å². The number of Topliss-reactive ketones (excluding diaryl/α,β-unsaturated/α-hetero) is 1. The van der Waals surface area contributed by atoms with Gasteiger partial charge < -0.3 is 14.8 Å². The molecule has 0 unspecified atom stereocenters. The Labute approximate surface area is 241 Å². The number of hydrogen-bond acceptors (Lipinski definition) is 7. The second-order valence-electron chi connectivity index (χ2n) is 10.7. The molecule has 0 saturated carbocycles. The normalized spacial score (nSPS) is 10.7. The van der Waals surface area contributed by atoms with Crippen molar-refractivity contribution < 1.29 is 23.9 Å². The average Bonchev–Trinajstić information content (AvgIpc) is 2.88. The van der Waals surface area contributed by atoms with E-state index in [1.165, 1.54) is 16.3 Å². The van der Waals surface area contributed by atoms with Gasteiger partial charge in [-0.2, -0.15) is 5.10 Å². The fraction of sp³-hybridized carbons (Fsp3) is 0.406. The third-order valence-corrected chi connectivity index (χ3v) is 5.58. The second kappa shape index (κ2) is 16.1. The fourth-order valence-electron chi connectivity index (χ4n) is 3.78. The van der Waals surface area contributed by atoms with E-state index in [0.717, 1.165) is 22.4 Å². The van der Waals surface area contributed by atoms with Crippen molar-refractivity contribution in [2.45, 2.75) is 73.0 Å². The highest BCUT2D eigenvalue weighted by atomic mass is 16.6. The standard InChI is InChI=1S/C16H18N2O3.C16H23NO3/c1-3-21-16(20)10-13-5-4-6-14(9-13)11-18-15(19)8-7-12(2)17-18;1-12-6-5-7-13(10-12)8-9-14(18)11-17-15(19)20-16(2,3)4/h4-9H,3,10-11H2,1-2H3;5-7,10H,8-9,11H2,1-4H3,(H,17,19). The number of rotatable bonds is 10. The number of alkyl carbamates (subject to hydrolysis) is 1. The maximum Gasteiger partial charge on any atom is 0.408 e. The van der Waals surface area contributed by atoms with Gasteiger partial charge in [0.05, 0.1) is 31.8 Å². The molecule has 0 aliphatic carbocycles. The van der Waals surface area contributed by atoms with E-state index in [1.807, 2.05) is 56.3 Å². The van der Waals surface area contributed by atoms with Gasteiger partial charge in [-0.05, 0) is 70.7 Å². The molecular formula is C32H41N3O6. The molecule has 41 heavy (non-hydrogen) atoms. The summed E-state index contributed by atoms with van der Waals surface area (Å²) in [5.74, 6) is -0.252. The van der Waals surface area contributed by atoms with Crippen LogP contribution in [0.25, 0.3) is 0 Å². The van der Waals surface area contributed by atoms with Crippen LogP contribution in [-0.2, 0) is 38.4 Å². The number of nitrogens with zero attached hydrogens (tertiary/aromatic N) is 2. The van der Waals surface area contributed by atoms with Crippen LogP contribution < -0.4 is 10.9 Å². The molecule has 0 atom stereocenters. The minimum absolute atomic E-state index is 0.00244. The maximum absolute atomic E-state index is 11.7. The molecule has 1 N–H and O–H groups in total. The Hall–Kier alpha value is -4.27. The quantitative estimate of drug-likeness (QED) is 0.355. The van der Waals surface area contributed by atoms with E-state index in [4.69, 9.17) is 9.47 Å². The predicted molar refractivity (Wildman–Crippen MR) is 158 cm³/mol. The van der Waals surface area contributed by atoms with Crippen molar-refractivity contribution in [2.75, 3.05) is 13.2 Å². The van der Waals surface area contributed by atoms with E-state index in [1.54, 1.807) is 33.8 Å². The number of aryl methyl sites for hydroxylation is 3. The maximum atomic E-state index is 11.7. The van der Waals surface area contributed by atoms with E-state index in [2.05, 4.69) is 16.5 Å². The van der Waals surface area contributed by atoms with Gasteiger partial charge in [-0.1, -0.05) is 54.1 Å². The van der Waals surface area contributed by atoms with Gasteiger partial charge in [0.15, 0.2) is 5.78 Å². The van der Waals surface area contributed by atoms with Crippen LogP contribution in [0.4, 0.5) is 4.79 Å². The Morgan fingerprint density at radius 1 is 0.927 bits per heavy atom. The third kappa shape index (κ3) is 13.6. The minimum atomic E-state index is -0.554. The molecule has 3 rings (SSSR count). The van der Waals surface area contributed by atoms with Crippen LogP contribution in [0.3, 0.4) is 0 Å². The number of benzene rings is 2. The van der Waals surface area contributed by atoms with Gasteiger partial charge in [-0.3, -0.25) is 14.4 Å². The zero-order chi connectivity index (χ0) is 30.4. The Kier molecular flexibility index (Phi) is 12.9. The lowest BCUT2D eigenvalue weighted by Gasteiger charge is -2.19. The molecule has 9 nitrogen and oxygen atoms in total. The molecule has 0 spiro atoms. The summed E-state index contributed by atoms with van der Waals surface area (Å²) in [6.07, 6.45) is 0.787. The van der Waals surface area contributed by atoms with Crippen LogP contribution in [0.1, 0.15) is 62.1 Å². The SMILES string of the molecule is CCOC(=O)Cc1cccc(Cn2nc(C)ccc2=O)c1.Cc1cccc(CCC(=O)CNC(=O)OC(C)(C)C)c1. The predicted octanol–water partition coefficient (Wildman–Crippen LogP) is 4.73. The van der Waals surface area contributed by atoms with Crippen LogP contribution in [0.2, 0.25) is 0 Å². The summed E-state index contributed by atoms with van der Waals surface area (Å²) < 4.78 is 11.4. The van der Waals surface area contributed by atoms with Gasteiger partial charge in [0.2, 0.25) is 0 Å². The van der Waals surface area contributed by atoms with Crippen LogP contribution in [-0.4, -0.2) is 46.4 Å². The molecule has 220 valence electrons. The number of aromatic nitrogens is 2. The average molecular weight is 564 g/mol. The van der Waals surface area contributed by atoms with E-state index in [0.29, 0.717) is 26.0 Å². The zero-order valence-electron chi connectivity index (χ0n) is 24.9. The van der Waals surface area contributed by atoms with Gasteiger partial charge >= 0.3 is 12.1 Å². The molecule has 0 radical (unpaired) electrons. The first-order valence-corrected chi connectivity index (χ1v) is 13.7. The van der Waals surface area contributed by atoms with Gasteiger partial charge in [0.1, 0.15) is 5.60 Å². The Balaban J connectivity index is 0.000000287. The van der Waals surface area contributed by atoms with Gasteiger partial charge in [-0.25, -0.2) is 9.48 Å². The third-order valence-electron chi connectivity index (χ3n) is 5.58. The Morgan fingerprint density at radius 2 is 1.61 bits per heavy atom. The Bertz CT molecular complexity index is 1370. The lowest BCUT2D eigenvalue weighted by Crippen LogP contribution is -2.35. The summed E-state index contributed by atoms with van der Waals surface area (Å²) in [6.45, 7) is 11.8. The lowest BCUT2D eigenvalue weighted by atomic mass is 10.1. The van der Waals surface area contributed by atoms with Crippen LogP contribution in [0.5, 0.6) is 0 Å². The number of carbonyl (C=O) groups excluding carboxylic acids is 3. The number of hydrogen-bond donors (Lipinski definition) is 1. The smallest absolute Gasteiger partial charge is 0.408 e. The van der Waals surface area contributed by atoms with Gasteiger partial charge in [0.25, 0.3) is 5.56 Å². The lowest BCUT2D eigenvalue weighted by molar-refractivity contribution is -0.142. The summed E-state index contributed by atoms with van der Waals surface area (Å²) in [7, 11) is 0. The van der Waals surface area contributed by atoms with E-state index in [-0.39, 0.29) is 30.3 Å². The first-order chi connectivity index (χ1) is 19.3. The molecule has 0 aliphatic rings.